The van der Waals surface area contributed by atoms with Crippen LogP contribution in [0.3, 0.4) is 0 Å². The fraction of sp³-hybridized carbons (Fsp3) is 0.381. The van der Waals surface area contributed by atoms with Gasteiger partial charge in [0, 0.05) is 60.5 Å². The number of hydrogen-bond acceptors (Lipinski definition) is 6. The van der Waals surface area contributed by atoms with Crippen molar-refractivity contribution < 1.29 is 4.74 Å². The van der Waals surface area contributed by atoms with E-state index in [4.69, 9.17) is 9.72 Å². The van der Waals surface area contributed by atoms with Crippen molar-refractivity contribution in [2.45, 2.75) is 38.3 Å². The zero-order chi connectivity index (χ0) is 18.2. The molecule has 0 amide bonds. The van der Waals surface area contributed by atoms with Gasteiger partial charge in [-0.1, -0.05) is 12.1 Å². The summed E-state index contributed by atoms with van der Waals surface area (Å²) in [6, 6.07) is 8.05. The van der Waals surface area contributed by atoms with Crippen LogP contribution in [0.1, 0.15) is 40.7 Å². The summed E-state index contributed by atoms with van der Waals surface area (Å²) < 4.78 is 5.47. The van der Waals surface area contributed by atoms with Gasteiger partial charge >= 0.3 is 0 Å². The van der Waals surface area contributed by atoms with Crippen LogP contribution in [0.4, 0.5) is 0 Å². The number of hydrogen-bond donors (Lipinski definition) is 0. The summed E-state index contributed by atoms with van der Waals surface area (Å²) in [6.07, 6.45) is 7.56. The highest BCUT2D eigenvalue weighted by Gasteiger charge is 2.28. The molecule has 0 spiro atoms. The number of benzene rings is 1. The minimum absolute atomic E-state index is 0.624. The summed E-state index contributed by atoms with van der Waals surface area (Å²) in [6.45, 7) is 2.87. The molecule has 6 heteroatoms. The van der Waals surface area contributed by atoms with E-state index in [-0.39, 0.29) is 0 Å². The van der Waals surface area contributed by atoms with E-state index in [1.807, 2.05) is 24.4 Å². The molecule has 1 aliphatic heterocycles. The molecule has 1 saturated carbocycles. The Bertz CT molecular complexity index is 966. The van der Waals surface area contributed by atoms with Crippen LogP contribution in [0.2, 0.25) is 0 Å². The fourth-order valence-electron chi connectivity index (χ4n) is 3.61. The molecular weight excluding hydrogens is 356 g/mol. The normalized spacial score (nSPS) is 16.9. The van der Waals surface area contributed by atoms with Gasteiger partial charge in [-0.15, -0.1) is 11.3 Å². The average molecular weight is 379 g/mol. The molecule has 0 radical (unpaired) electrons. The van der Waals surface area contributed by atoms with Gasteiger partial charge < -0.3 is 4.74 Å². The van der Waals surface area contributed by atoms with Gasteiger partial charge in [0.1, 0.15) is 16.6 Å². The van der Waals surface area contributed by atoms with E-state index in [2.05, 4.69) is 27.1 Å². The second-order valence-electron chi connectivity index (χ2n) is 7.27. The number of nitrogens with zero attached hydrogens (tertiary/aromatic N) is 4. The third-order valence-electron chi connectivity index (χ3n) is 5.24. The molecule has 1 aliphatic carbocycles. The summed E-state index contributed by atoms with van der Waals surface area (Å²) >= 11 is 1.74. The van der Waals surface area contributed by atoms with Crippen molar-refractivity contribution >= 4 is 11.3 Å². The van der Waals surface area contributed by atoms with Crippen molar-refractivity contribution in [2.75, 3.05) is 13.7 Å². The van der Waals surface area contributed by atoms with Gasteiger partial charge in [0.05, 0.1) is 12.7 Å². The Morgan fingerprint density at radius 3 is 2.93 bits per heavy atom. The topological polar surface area (TPSA) is 51.1 Å². The molecule has 3 aromatic rings. The summed E-state index contributed by atoms with van der Waals surface area (Å²) in [5.74, 6) is 2.55. The molecule has 2 aliphatic rings. The van der Waals surface area contributed by atoms with Gasteiger partial charge in [-0.05, 0) is 25.0 Å². The molecule has 0 bridgehead atoms. The molecule has 1 aromatic carbocycles. The Morgan fingerprint density at radius 2 is 2.07 bits per heavy atom. The summed E-state index contributed by atoms with van der Waals surface area (Å²) in [4.78, 5) is 17.8. The molecule has 0 N–H and O–H groups in total. The van der Waals surface area contributed by atoms with Crippen molar-refractivity contribution in [2.24, 2.45) is 0 Å². The molecular formula is C21H22N4OS. The monoisotopic (exact) mass is 378 g/mol. The van der Waals surface area contributed by atoms with Crippen LogP contribution in [0.15, 0.2) is 36.7 Å². The number of thiazole rings is 1. The lowest BCUT2D eigenvalue weighted by Gasteiger charge is -2.27. The Balaban J connectivity index is 1.30. The summed E-state index contributed by atoms with van der Waals surface area (Å²) in [7, 11) is 1.70. The first-order valence-electron chi connectivity index (χ1n) is 9.45. The molecule has 3 heterocycles. The van der Waals surface area contributed by atoms with E-state index in [0.29, 0.717) is 5.92 Å². The molecule has 5 rings (SSSR count). The van der Waals surface area contributed by atoms with Crippen LogP contribution in [-0.4, -0.2) is 33.5 Å². The zero-order valence-corrected chi connectivity index (χ0v) is 16.2. The fourth-order valence-corrected chi connectivity index (χ4v) is 4.59. The van der Waals surface area contributed by atoms with Crippen molar-refractivity contribution in [1.29, 1.82) is 0 Å². The van der Waals surface area contributed by atoms with Crippen LogP contribution < -0.4 is 4.74 Å². The number of aromatic nitrogens is 3. The smallest absolute Gasteiger partial charge is 0.131 e. The number of rotatable bonds is 5. The van der Waals surface area contributed by atoms with Crippen molar-refractivity contribution in [1.82, 2.24) is 19.9 Å². The Morgan fingerprint density at radius 1 is 1.19 bits per heavy atom. The third kappa shape index (κ3) is 3.47. The second-order valence-corrected chi connectivity index (χ2v) is 8.38. The van der Waals surface area contributed by atoms with Gasteiger partial charge in [-0.3, -0.25) is 4.90 Å². The van der Waals surface area contributed by atoms with Gasteiger partial charge in [-0.2, -0.15) is 0 Å². The highest BCUT2D eigenvalue weighted by Crippen LogP contribution is 2.38. The number of para-hydroxylation sites is 1. The van der Waals surface area contributed by atoms with E-state index >= 15 is 0 Å². The van der Waals surface area contributed by atoms with Crippen LogP contribution in [-0.2, 0) is 19.5 Å². The highest BCUT2D eigenvalue weighted by molar-refractivity contribution is 7.15. The van der Waals surface area contributed by atoms with Crippen LogP contribution in [0, 0.1) is 0 Å². The number of fused-ring (bicyclic) bond motifs is 1. The predicted octanol–water partition coefficient (Wildman–Crippen LogP) is 4.04. The van der Waals surface area contributed by atoms with E-state index in [0.717, 1.165) is 48.2 Å². The second kappa shape index (κ2) is 7.02. The van der Waals surface area contributed by atoms with E-state index < -0.39 is 0 Å². The van der Waals surface area contributed by atoms with Gasteiger partial charge in [0.2, 0.25) is 0 Å². The largest absolute Gasteiger partial charge is 0.496 e. The molecule has 0 atom stereocenters. The van der Waals surface area contributed by atoms with Crippen LogP contribution >= 0.6 is 11.3 Å². The minimum atomic E-state index is 0.624. The molecule has 0 saturated heterocycles. The molecule has 1 fully saturated rings. The van der Waals surface area contributed by atoms with Crippen LogP contribution in [0.25, 0.3) is 10.6 Å². The van der Waals surface area contributed by atoms with Crippen LogP contribution in [0.5, 0.6) is 5.75 Å². The Labute approximate surface area is 163 Å². The quantitative estimate of drug-likeness (QED) is 0.670. The van der Waals surface area contributed by atoms with Crippen molar-refractivity contribution in [3.63, 3.8) is 0 Å². The first-order valence-corrected chi connectivity index (χ1v) is 10.3. The van der Waals surface area contributed by atoms with Gasteiger partial charge in [-0.25, -0.2) is 15.0 Å². The first kappa shape index (κ1) is 16.8. The lowest BCUT2D eigenvalue weighted by atomic mass is 10.1. The Kier molecular flexibility index (Phi) is 4.38. The Hall–Kier alpha value is -2.31. The molecule has 2 aromatic heterocycles. The minimum Gasteiger partial charge on any atom is -0.496 e. The van der Waals surface area contributed by atoms with Crippen molar-refractivity contribution in [3.8, 4) is 16.3 Å². The van der Waals surface area contributed by atoms with Crippen molar-refractivity contribution in [3.05, 3.63) is 58.6 Å². The lowest BCUT2D eigenvalue weighted by molar-refractivity contribution is 0.244. The highest BCUT2D eigenvalue weighted by atomic mass is 32.1. The number of methoxy groups -OCH3 is 1. The maximum atomic E-state index is 5.47. The van der Waals surface area contributed by atoms with Gasteiger partial charge in [0.15, 0.2) is 0 Å². The lowest BCUT2D eigenvalue weighted by Crippen LogP contribution is -2.30. The van der Waals surface area contributed by atoms with E-state index in [1.54, 1.807) is 18.4 Å². The standard InChI is InChI=1S/C21H22N4OS/c1-26-19-5-3-2-4-17(19)21-23-11-16(27-21)13-25-9-8-18-15(12-25)10-22-20(24-18)14-6-7-14/h2-5,10-11,14H,6-9,12-13H2,1H3. The first-order chi connectivity index (χ1) is 13.3. The third-order valence-corrected chi connectivity index (χ3v) is 6.26. The van der Waals surface area contributed by atoms with E-state index in [1.165, 1.54) is 29.0 Å². The maximum absolute atomic E-state index is 5.47. The molecule has 0 unspecified atom stereocenters. The number of ether oxygens (including phenoxy) is 1. The summed E-state index contributed by atoms with van der Waals surface area (Å²) in [5, 5.41) is 1.01. The molecule has 5 nitrogen and oxygen atoms in total. The molecule has 138 valence electrons. The van der Waals surface area contributed by atoms with E-state index in [9.17, 15) is 0 Å². The predicted molar refractivity (Wildman–Crippen MR) is 106 cm³/mol. The maximum Gasteiger partial charge on any atom is 0.131 e. The SMILES string of the molecule is COc1ccccc1-c1ncc(CN2CCc3nc(C4CC4)ncc3C2)s1. The zero-order valence-electron chi connectivity index (χ0n) is 15.4. The molecule has 27 heavy (non-hydrogen) atoms. The average Bonchev–Trinajstić information content (AvgIpc) is 3.47. The van der Waals surface area contributed by atoms with Gasteiger partial charge in [0.25, 0.3) is 0 Å². The summed E-state index contributed by atoms with van der Waals surface area (Å²) in [5.41, 5.74) is 3.59.